The lowest BCUT2D eigenvalue weighted by Gasteiger charge is -2.67. The van der Waals surface area contributed by atoms with Crippen molar-refractivity contribution in [2.24, 2.45) is 28.6 Å². The van der Waals surface area contributed by atoms with E-state index >= 15 is 0 Å². The quantitative estimate of drug-likeness (QED) is 0.377. The first kappa shape index (κ1) is 20.7. The second kappa shape index (κ2) is 6.22. The Hall–Kier alpha value is -0.570. The van der Waals surface area contributed by atoms with Crippen molar-refractivity contribution in [3.63, 3.8) is 0 Å². The lowest BCUT2D eigenvalue weighted by molar-refractivity contribution is -0.322. The summed E-state index contributed by atoms with van der Waals surface area (Å²) in [6.45, 7) is 2.89. The van der Waals surface area contributed by atoms with Gasteiger partial charge in [-0.2, -0.15) is 0 Å². The molecule has 0 saturated heterocycles. The lowest BCUT2D eigenvalue weighted by Crippen LogP contribution is -2.76. The molecule has 4 fully saturated rings. The maximum absolute atomic E-state index is 12.3. The molecule has 6 N–H and O–H groups in total. The molecule has 0 aliphatic heterocycles. The van der Waals surface area contributed by atoms with Crippen LogP contribution in [0.4, 0.5) is 0 Å². The van der Waals surface area contributed by atoms with E-state index in [2.05, 4.69) is 0 Å². The van der Waals surface area contributed by atoms with Crippen LogP contribution in [0.2, 0.25) is 0 Å². The Labute approximate surface area is 165 Å². The third-order valence-corrected chi connectivity index (χ3v) is 9.45. The number of rotatable bonds is 2. The first-order chi connectivity index (χ1) is 13.0. The molecule has 160 valence electrons. The number of hydrogen-bond donors (Lipinski definition) is 6. The third-order valence-electron chi connectivity index (χ3n) is 9.45. The fourth-order valence-electron chi connectivity index (χ4n) is 8.14. The van der Waals surface area contributed by atoms with Gasteiger partial charge in [-0.25, -0.2) is 0 Å². The second-order valence-corrected chi connectivity index (χ2v) is 10.3. The molecule has 28 heavy (non-hydrogen) atoms. The van der Waals surface area contributed by atoms with Gasteiger partial charge in [0.25, 0.3) is 0 Å². The summed E-state index contributed by atoms with van der Waals surface area (Å²) >= 11 is 0. The van der Waals surface area contributed by atoms with Crippen LogP contribution in [0.25, 0.3) is 0 Å². The van der Waals surface area contributed by atoms with Crippen LogP contribution in [0.5, 0.6) is 0 Å². The number of carbonyl (C=O) groups excluding carboxylic acids is 1. The largest absolute Gasteiger partial charge is 0.396 e. The first-order valence-corrected chi connectivity index (χ1v) is 10.6. The van der Waals surface area contributed by atoms with Crippen molar-refractivity contribution < 1.29 is 35.4 Å². The van der Waals surface area contributed by atoms with Crippen molar-refractivity contribution in [2.45, 2.75) is 88.3 Å². The van der Waals surface area contributed by atoms with Crippen LogP contribution < -0.4 is 0 Å². The van der Waals surface area contributed by atoms with Gasteiger partial charge in [0.05, 0.1) is 23.7 Å². The normalized spacial score (nSPS) is 58.6. The number of aliphatic hydroxyl groups is 6. The van der Waals surface area contributed by atoms with Crippen LogP contribution >= 0.6 is 0 Å². The summed E-state index contributed by atoms with van der Waals surface area (Å²) in [6, 6.07) is 0. The monoisotopic (exact) mass is 398 g/mol. The zero-order chi connectivity index (χ0) is 20.7. The smallest absolute Gasteiger partial charge is 0.136 e. The minimum atomic E-state index is -2.04. The van der Waals surface area contributed by atoms with E-state index in [1.165, 1.54) is 6.92 Å². The van der Waals surface area contributed by atoms with Crippen LogP contribution in [0.1, 0.15) is 58.8 Å². The third kappa shape index (κ3) is 2.13. The molecular formula is C21H34O7. The summed E-state index contributed by atoms with van der Waals surface area (Å²) in [7, 11) is 0. The predicted octanol–water partition coefficient (Wildman–Crippen LogP) is -0.261. The Bertz CT molecular complexity index is 669. The molecular weight excluding hydrogens is 364 g/mol. The maximum atomic E-state index is 12.3. The molecule has 0 aromatic carbocycles. The van der Waals surface area contributed by atoms with Gasteiger partial charge in [-0.1, -0.05) is 6.92 Å². The Balaban J connectivity index is 1.83. The van der Waals surface area contributed by atoms with Crippen molar-refractivity contribution in [2.75, 3.05) is 6.61 Å². The first-order valence-electron chi connectivity index (χ1n) is 10.6. The van der Waals surface area contributed by atoms with Gasteiger partial charge in [0, 0.05) is 17.4 Å². The molecule has 4 aliphatic rings. The molecule has 0 spiro atoms. The van der Waals surface area contributed by atoms with Crippen LogP contribution in [-0.4, -0.2) is 72.5 Å². The summed E-state index contributed by atoms with van der Waals surface area (Å²) in [5.74, 6) is -1.69. The zero-order valence-electron chi connectivity index (χ0n) is 16.7. The minimum absolute atomic E-state index is 0.0338. The molecule has 0 unspecified atom stereocenters. The van der Waals surface area contributed by atoms with Crippen molar-refractivity contribution in [3.05, 3.63) is 0 Å². The second-order valence-electron chi connectivity index (χ2n) is 10.3. The van der Waals surface area contributed by atoms with E-state index in [1.54, 1.807) is 6.92 Å². The molecule has 7 nitrogen and oxygen atoms in total. The van der Waals surface area contributed by atoms with E-state index in [0.29, 0.717) is 38.5 Å². The molecule has 0 amide bonds. The highest BCUT2D eigenvalue weighted by Crippen LogP contribution is 2.70. The zero-order valence-corrected chi connectivity index (χ0v) is 16.7. The molecule has 4 aliphatic carbocycles. The van der Waals surface area contributed by atoms with Crippen molar-refractivity contribution >= 4 is 5.78 Å². The van der Waals surface area contributed by atoms with E-state index in [1.807, 2.05) is 0 Å². The Morgan fingerprint density at radius 3 is 2.32 bits per heavy atom. The molecule has 4 rings (SSSR count). The van der Waals surface area contributed by atoms with Crippen molar-refractivity contribution in [3.8, 4) is 0 Å². The molecule has 0 heterocycles. The van der Waals surface area contributed by atoms with E-state index in [0.717, 1.165) is 0 Å². The SMILES string of the molecule is CC(=O)[C@H]1[C@H](O)[C@@H](O)[C@@]2(O)[C@]1(C)CC[C@H]1[C@@]3(CO)CC[C@H](O)C[C@@H]3CC[C@]12O. The molecule has 4 saturated carbocycles. The van der Waals surface area contributed by atoms with Gasteiger partial charge < -0.3 is 30.6 Å². The predicted molar refractivity (Wildman–Crippen MR) is 99.0 cm³/mol. The Morgan fingerprint density at radius 1 is 1.04 bits per heavy atom. The fourth-order valence-corrected chi connectivity index (χ4v) is 8.14. The van der Waals surface area contributed by atoms with Crippen LogP contribution in [0.15, 0.2) is 0 Å². The molecule has 10 atom stereocenters. The minimum Gasteiger partial charge on any atom is -0.396 e. The van der Waals surface area contributed by atoms with Gasteiger partial charge in [0.2, 0.25) is 0 Å². The van der Waals surface area contributed by atoms with Gasteiger partial charge >= 0.3 is 0 Å². The number of ketones is 1. The summed E-state index contributed by atoms with van der Waals surface area (Å²) in [5.41, 5.74) is -5.54. The molecule has 0 aromatic rings. The Morgan fingerprint density at radius 2 is 1.71 bits per heavy atom. The highest BCUT2D eigenvalue weighted by atomic mass is 16.4. The van der Waals surface area contributed by atoms with Gasteiger partial charge in [0.1, 0.15) is 17.5 Å². The van der Waals surface area contributed by atoms with Crippen LogP contribution in [0, 0.1) is 28.6 Å². The summed E-state index contributed by atoms with van der Waals surface area (Å²) in [5, 5.41) is 66.0. The topological polar surface area (TPSA) is 138 Å². The van der Waals surface area contributed by atoms with E-state index in [9.17, 15) is 35.4 Å². The standard InChI is InChI=1S/C21H34O7/c1-11(23)15-16(25)17(26)21(28)18(15,2)6-5-14-19(10-22)7-4-13(24)9-12(19)3-8-20(14,21)27/h12-17,22,24-28H,3-10H2,1-2H3/t12-,13-,14-,15-,16-,17+,18+,19+,20-,21+/m0/s1. The summed E-state index contributed by atoms with van der Waals surface area (Å²) in [4.78, 5) is 12.3. The van der Waals surface area contributed by atoms with Crippen molar-refractivity contribution in [1.82, 2.24) is 0 Å². The average Bonchev–Trinajstić information content (AvgIpc) is 2.80. The summed E-state index contributed by atoms with van der Waals surface area (Å²) < 4.78 is 0. The number of fused-ring (bicyclic) bond motifs is 5. The van der Waals surface area contributed by atoms with Gasteiger partial charge in [-0.3, -0.25) is 4.79 Å². The van der Waals surface area contributed by atoms with E-state index in [-0.39, 0.29) is 24.7 Å². The highest BCUT2D eigenvalue weighted by molar-refractivity contribution is 5.81. The molecule has 0 bridgehead atoms. The van der Waals surface area contributed by atoms with Gasteiger partial charge in [-0.15, -0.1) is 0 Å². The number of hydrogen-bond acceptors (Lipinski definition) is 7. The maximum Gasteiger partial charge on any atom is 0.136 e. The molecule has 7 heteroatoms. The molecule has 0 radical (unpaired) electrons. The molecule has 0 aromatic heterocycles. The summed E-state index contributed by atoms with van der Waals surface area (Å²) in [6.07, 6.45) is -0.291. The average molecular weight is 398 g/mol. The van der Waals surface area contributed by atoms with Crippen molar-refractivity contribution in [1.29, 1.82) is 0 Å². The van der Waals surface area contributed by atoms with Crippen LogP contribution in [0.3, 0.4) is 0 Å². The number of carbonyl (C=O) groups is 1. The fraction of sp³-hybridized carbons (Fsp3) is 0.952. The van der Waals surface area contributed by atoms with E-state index in [4.69, 9.17) is 0 Å². The number of Topliss-reactive ketones (excluding diaryl/α,β-unsaturated/α-hetero) is 1. The Kier molecular flexibility index (Phi) is 4.60. The van der Waals surface area contributed by atoms with Crippen LogP contribution in [-0.2, 0) is 4.79 Å². The van der Waals surface area contributed by atoms with E-state index < -0.39 is 52.2 Å². The van der Waals surface area contributed by atoms with Gasteiger partial charge in [0.15, 0.2) is 0 Å². The highest BCUT2D eigenvalue weighted by Gasteiger charge is 2.80. The van der Waals surface area contributed by atoms with Gasteiger partial charge in [-0.05, 0) is 63.7 Å². The lowest BCUT2D eigenvalue weighted by atomic mass is 9.41. The number of aliphatic hydroxyl groups excluding tert-OH is 4.